The molecule has 2 rings (SSSR count). The van der Waals surface area contributed by atoms with E-state index in [1.54, 1.807) is 4.90 Å². The number of amides is 1. The summed E-state index contributed by atoms with van der Waals surface area (Å²) in [6, 6.07) is 9.66. The molecule has 1 aliphatic heterocycles. The summed E-state index contributed by atoms with van der Waals surface area (Å²) in [4.78, 5) is 13.1. The molecule has 14 heavy (non-hydrogen) atoms. The largest absolute Gasteiger partial charge is 0.370 e. The molecule has 3 nitrogen and oxygen atoms in total. The summed E-state index contributed by atoms with van der Waals surface area (Å²) in [5, 5.41) is 0. The predicted octanol–water partition coefficient (Wildman–Crippen LogP) is 1.47. The third-order valence-electron chi connectivity index (χ3n) is 2.05. The maximum Gasteiger partial charge on any atom is 0.253 e. The van der Waals surface area contributed by atoms with Crippen LogP contribution in [0.1, 0.15) is 0 Å². The summed E-state index contributed by atoms with van der Waals surface area (Å²) >= 11 is 0. The van der Waals surface area contributed by atoms with Crippen molar-refractivity contribution in [2.24, 2.45) is 0 Å². The molecule has 1 aromatic carbocycles. The molecule has 0 radical (unpaired) electrons. The first-order valence-corrected chi connectivity index (χ1v) is 4.31. The van der Waals surface area contributed by atoms with Crippen molar-refractivity contribution in [2.45, 2.75) is 0 Å². The van der Waals surface area contributed by atoms with Gasteiger partial charge in [0.25, 0.3) is 5.91 Å². The number of benzene rings is 1. The molecule has 0 atom stereocenters. The smallest absolute Gasteiger partial charge is 0.253 e. The maximum absolute atomic E-state index is 11.4. The fourth-order valence-corrected chi connectivity index (χ4v) is 1.40. The molecule has 0 bridgehead atoms. The Kier molecular flexibility index (Phi) is 3.92. The van der Waals surface area contributed by atoms with Crippen molar-refractivity contribution in [3.63, 3.8) is 0 Å². The van der Waals surface area contributed by atoms with E-state index in [0.717, 1.165) is 5.69 Å². The van der Waals surface area contributed by atoms with Gasteiger partial charge >= 0.3 is 0 Å². The van der Waals surface area contributed by atoms with E-state index in [1.165, 1.54) is 0 Å². The molecule has 4 heteroatoms. The van der Waals surface area contributed by atoms with Crippen LogP contribution < -0.4 is 4.90 Å². The minimum atomic E-state index is 0. The van der Waals surface area contributed by atoms with Gasteiger partial charge in [0.2, 0.25) is 0 Å². The molecule has 76 valence electrons. The van der Waals surface area contributed by atoms with E-state index in [1.807, 2.05) is 30.3 Å². The molecule has 0 saturated carbocycles. The van der Waals surface area contributed by atoms with Crippen LogP contribution in [0.5, 0.6) is 0 Å². The number of carbonyl (C=O) groups excluding carboxylic acids is 1. The molecule has 0 unspecified atom stereocenters. The number of hydrogen-bond donors (Lipinski definition) is 0. The lowest BCUT2D eigenvalue weighted by Crippen LogP contribution is -2.41. The number of nitrogens with zero attached hydrogens (tertiary/aromatic N) is 1. The van der Waals surface area contributed by atoms with Gasteiger partial charge in [-0.1, -0.05) is 18.2 Å². The number of rotatable bonds is 1. The van der Waals surface area contributed by atoms with Crippen molar-refractivity contribution in [1.82, 2.24) is 0 Å². The highest BCUT2D eigenvalue weighted by Gasteiger charge is 2.19. The average Bonchev–Trinajstić information content (AvgIpc) is 2.20. The molecule has 1 fully saturated rings. The Morgan fingerprint density at radius 3 is 2.57 bits per heavy atom. The lowest BCUT2D eigenvalue weighted by molar-refractivity contribution is -0.125. The van der Waals surface area contributed by atoms with Crippen LogP contribution in [0.3, 0.4) is 0 Å². The molecule has 1 amide bonds. The van der Waals surface area contributed by atoms with Gasteiger partial charge in [-0.05, 0) is 12.1 Å². The van der Waals surface area contributed by atoms with Crippen molar-refractivity contribution in [3.8, 4) is 0 Å². The first kappa shape index (κ1) is 11.0. The summed E-state index contributed by atoms with van der Waals surface area (Å²) in [5.74, 6) is 0.0393. The molecular formula is C10H12ClNO2. The third-order valence-corrected chi connectivity index (χ3v) is 2.05. The summed E-state index contributed by atoms with van der Waals surface area (Å²) in [5.41, 5.74) is 0.954. The fourth-order valence-electron chi connectivity index (χ4n) is 1.40. The van der Waals surface area contributed by atoms with Crippen molar-refractivity contribution < 1.29 is 9.53 Å². The zero-order chi connectivity index (χ0) is 9.10. The van der Waals surface area contributed by atoms with Crippen LogP contribution >= 0.6 is 12.4 Å². The Labute approximate surface area is 89.1 Å². The van der Waals surface area contributed by atoms with Gasteiger partial charge in [-0.25, -0.2) is 0 Å². The number of morpholine rings is 1. The van der Waals surface area contributed by atoms with Crippen LogP contribution in [-0.4, -0.2) is 25.7 Å². The second-order valence-corrected chi connectivity index (χ2v) is 2.93. The predicted molar refractivity (Wildman–Crippen MR) is 56.9 cm³/mol. The van der Waals surface area contributed by atoms with E-state index in [9.17, 15) is 4.79 Å². The molecule has 0 N–H and O–H groups in total. The number of para-hydroxylation sites is 1. The van der Waals surface area contributed by atoms with E-state index < -0.39 is 0 Å². The highest BCUT2D eigenvalue weighted by molar-refractivity contribution is 5.94. The van der Waals surface area contributed by atoms with Crippen molar-refractivity contribution in [1.29, 1.82) is 0 Å². The Morgan fingerprint density at radius 2 is 1.93 bits per heavy atom. The van der Waals surface area contributed by atoms with Crippen LogP contribution in [0.25, 0.3) is 0 Å². The number of hydrogen-bond acceptors (Lipinski definition) is 2. The quantitative estimate of drug-likeness (QED) is 0.707. The van der Waals surface area contributed by atoms with Crippen LogP contribution in [0.2, 0.25) is 0 Å². The van der Waals surface area contributed by atoms with Crippen LogP contribution in [0, 0.1) is 0 Å². The summed E-state index contributed by atoms with van der Waals surface area (Å²) in [7, 11) is 0. The average molecular weight is 214 g/mol. The SMILES string of the molecule is Cl.O=C1COCCN1c1ccccc1. The molecule has 0 aliphatic carbocycles. The normalized spacial score (nSPS) is 16.3. The molecule has 0 aromatic heterocycles. The van der Waals surface area contributed by atoms with Crippen LogP contribution in [-0.2, 0) is 9.53 Å². The number of anilines is 1. The van der Waals surface area contributed by atoms with E-state index >= 15 is 0 Å². The highest BCUT2D eigenvalue weighted by Crippen LogP contribution is 2.14. The second kappa shape index (κ2) is 4.98. The molecule has 1 saturated heterocycles. The lowest BCUT2D eigenvalue weighted by Gasteiger charge is -2.26. The minimum absolute atomic E-state index is 0. The zero-order valence-electron chi connectivity index (χ0n) is 7.68. The third kappa shape index (κ3) is 2.25. The van der Waals surface area contributed by atoms with Crippen molar-refractivity contribution >= 4 is 24.0 Å². The summed E-state index contributed by atoms with van der Waals surface area (Å²) in [6.45, 7) is 1.48. The van der Waals surface area contributed by atoms with Crippen LogP contribution in [0.15, 0.2) is 30.3 Å². The van der Waals surface area contributed by atoms with E-state index in [-0.39, 0.29) is 24.9 Å². The highest BCUT2D eigenvalue weighted by atomic mass is 35.5. The number of ether oxygens (including phenoxy) is 1. The Balaban J connectivity index is 0.000000980. The Bertz CT molecular complexity index is 302. The maximum atomic E-state index is 11.4. The van der Waals surface area contributed by atoms with Gasteiger partial charge in [0.15, 0.2) is 0 Å². The monoisotopic (exact) mass is 213 g/mol. The Morgan fingerprint density at radius 1 is 1.21 bits per heavy atom. The zero-order valence-corrected chi connectivity index (χ0v) is 8.50. The van der Waals surface area contributed by atoms with Crippen LogP contribution in [0.4, 0.5) is 5.69 Å². The van der Waals surface area contributed by atoms with E-state index in [4.69, 9.17) is 4.74 Å². The molecule has 1 aliphatic rings. The lowest BCUT2D eigenvalue weighted by atomic mass is 10.2. The molecule has 0 spiro atoms. The topological polar surface area (TPSA) is 29.5 Å². The van der Waals surface area contributed by atoms with Gasteiger partial charge < -0.3 is 9.64 Å². The van der Waals surface area contributed by atoms with Crippen molar-refractivity contribution in [2.75, 3.05) is 24.7 Å². The summed E-state index contributed by atoms with van der Waals surface area (Å²) < 4.78 is 5.04. The molecule has 1 heterocycles. The van der Waals surface area contributed by atoms with Crippen molar-refractivity contribution in [3.05, 3.63) is 30.3 Å². The van der Waals surface area contributed by atoms with E-state index in [2.05, 4.69) is 0 Å². The molecular weight excluding hydrogens is 202 g/mol. The number of halogens is 1. The standard InChI is InChI=1S/C10H11NO2.ClH/c12-10-8-13-7-6-11(10)9-4-2-1-3-5-9;/h1-5H,6-8H2;1H. The first-order chi connectivity index (χ1) is 6.38. The minimum Gasteiger partial charge on any atom is -0.370 e. The second-order valence-electron chi connectivity index (χ2n) is 2.93. The van der Waals surface area contributed by atoms with Gasteiger partial charge in [-0.2, -0.15) is 0 Å². The van der Waals surface area contributed by atoms with Gasteiger partial charge in [0, 0.05) is 12.2 Å². The molecule has 1 aromatic rings. The van der Waals surface area contributed by atoms with Gasteiger partial charge in [-0.15, -0.1) is 12.4 Å². The Hall–Kier alpha value is -1.06. The van der Waals surface area contributed by atoms with Gasteiger partial charge in [0.1, 0.15) is 6.61 Å². The number of carbonyl (C=O) groups is 1. The summed E-state index contributed by atoms with van der Waals surface area (Å²) in [6.07, 6.45) is 0. The fraction of sp³-hybridized carbons (Fsp3) is 0.300. The van der Waals surface area contributed by atoms with E-state index in [0.29, 0.717) is 13.2 Å². The van der Waals surface area contributed by atoms with Gasteiger partial charge in [0.05, 0.1) is 6.61 Å². The first-order valence-electron chi connectivity index (χ1n) is 4.31. The van der Waals surface area contributed by atoms with Gasteiger partial charge in [-0.3, -0.25) is 4.79 Å².